The van der Waals surface area contributed by atoms with E-state index >= 15 is 0 Å². The van der Waals surface area contributed by atoms with Gasteiger partial charge in [-0.2, -0.15) is 0 Å². The number of carbonyl (C=O) groups excluding carboxylic acids is 4. The van der Waals surface area contributed by atoms with E-state index < -0.39 is 97.5 Å². The zero-order valence-corrected chi connectivity index (χ0v) is 73.3. The molecule has 0 aromatic rings. The van der Waals surface area contributed by atoms with Gasteiger partial charge in [-0.1, -0.05) is 415 Å². The zero-order valence-electron chi connectivity index (χ0n) is 71.5. The summed E-state index contributed by atoms with van der Waals surface area (Å²) in [6.45, 7) is 14.4. The van der Waals surface area contributed by atoms with Crippen molar-refractivity contribution in [2.45, 2.75) is 485 Å². The fourth-order valence-electron chi connectivity index (χ4n) is 13.8. The Morgan fingerprint density at radius 2 is 0.444 bits per heavy atom. The van der Waals surface area contributed by atoms with E-state index in [1.54, 1.807) is 0 Å². The third-order valence-corrected chi connectivity index (χ3v) is 23.8. The quantitative estimate of drug-likeness (QED) is 0.0222. The number of unbranched alkanes of at least 4 members (excludes halogenated alkanes) is 49. The number of rotatable bonds is 86. The van der Waals surface area contributed by atoms with Crippen molar-refractivity contribution in [3.05, 3.63) is 0 Å². The van der Waals surface area contributed by atoms with E-state index in [0.29, 0.717) is 31.6 Å². The molecule has 0 bridgehead atoms. The summed E-state index contributed by atoms with van der Waals surface area (Å²) in [6.07, 6.45) is 68.1. The Morgan fingerprint density at radius 3 is 0.657 bits per heavy atom. The summed E-state index contributed by atoms with van der Waals surface area (Å²) in [6, 6.07) is 0. The molecule has 0 aromatic carbocycles. The predicted molar refractivity (Wildman–Crippen MR) is 446 cm³/mol. The first kappa shape index (κ1) is 106. The van der Waals surface area contributed by atoms with Gasteiger partial charge in [0.15, 0.2) is 12.2 Å². The molecule has 0 saturated carbocycles. The van der Waals surface area contributed by atoms with Crippen LogP contribution in [-0.2, 0) is 65.4 Å². The number of carbonyl (C=O) groups is 4. The third kappa shape index (κ3) is 78.0. The standard InChI is InChI=1S/C89H174O17P2/c1-9-80(6)66-58-50-42-34-28-24-20-16-12-14-18-22-26-30-37-45-53-61-69-86(91)99-75-84(105-89(94)72-64-56-47-39-33-32-36-44-52-60-68-82(8)11-3)77-103-107(95,96)101-73-83(90)74-102-108(97,98)104-78-85(76-100-87(92)70-62-54-48-40-41-49-57-65-79(4)5)106-88(93)71-63-55-46-38-31-27-23-19-15-13-17-21-25-29-35-43-51-59-67-81(7)10-2/h79-85,90H,9-78H2,1-8H3,(H,95,96)(H,97,98)/t80?,81?,82?,83?,84-,85-/m1/s1. The van der Waals surface area contributed by atoms with Crippen LogP contribution in [0.4, 0.5) is 0 Å². The van der Waals surface area contributed by atoms with E-state index in [-0.39, 0.29) is 25.7 Å². The normalized spacial score (nSPS) is 14.6. The number of aliphatic hydroxyl groups excluding tert-OH is 1. The topological polar surface area (TPSA) is 237 Å². The van der Waals surface area contributed by atoms with Gasteiger partial charge in [-0.15, -0.1) is 0 Å². The van der Waals surface area contributed by atoms with E-state index in [9.17, 15) is 43.2 Å². The molecular weight excluding hydrogens is 1400 g/mol. The van der Waals surface area contributed by atoms with Crippen LogP contribution in [0.25, 0.3) is 0 Å². The molecule has 17 nitrogen and oxygen atoms in total. The maximum atomic E-state index is 13.1. The predicted octanol–water partition coefficient (Wildman–Crippen LogP) is 27.1. The lowest BCUT2D eigenvalue weighted by atomic mass is 9.99. The first-order valence-electron chi connectivity index (χ1n) is 45.8. The Kier molecular flexibility index (Phi) is 76.2. The van der Waals surface area contributed by atoms with Gasteiger partial charge in [0.05, 0.1) is 26.4 Å². The van der Waals surface area contributed by atoms with Crippen molar-refractivity contribution in [1.82, 2.24) is 0 Å². The van der Waals surface area contributed by atoms with Gasteiger partial charge in [-0.05, 0) is 49.4 Å². The van der Waals surface area contributed by atoms with Crippen molar-refractivity contribution in [3.8, 4) is 0 Å². The van der Waals surface area contributed by atoms with Gasteiger partial charge in [0, 0.05) is 25.7 Å². The van der Waals surface area contributed by atoms with Gasteiger partial charge in [0.1, 0.15) is 19.3 Å². The average Bonchev–Trinajstić information content (AvgIpc) is 0.900. The highest BCUT2D eigenvalue weighted by molar-refractivity contribution is 7.47. The Bertz CT molecular complexity index is 2100. The molecule has 108 heavy (non-hydrogen) atoms. The van der Waals surface area contributed by atoms with E-state index in [2.05, 4.69) is 55.4 Å². The summed E-state index contributed by atoms with van der Waals surface area (Å²) in [5, 5.41) is 10.7. The molecule has 0 heterocycles. The van der Waals surface area contributed by atoms with E-state index in [4.69, 9.17) is 37.0 Å². The summed E-state index contributed by atoms with van der Waals surface area (Å²) in [7, 11) is -9.93. The van der Waals surface area contributed by atoms with Gasteiger partial charge in [0.25, 0.3) is 0 Å². The van der Waals surface area contributed by atoms with Crippen molar-refractivity contribution >= 4 is 39.5 Å². The molecule has 3 N–H and O–H groups in total. The van der Waals surface area contributed by atoms with Crippen LogP contribution in [-0.4, -0.2) is 96.7 Å². The number of aliphatic hydroxyl groups is 1. The molecule has 0 aliphatic heterocycles. The highest BCUT2D eigenvalue weighted by Crippen LogP contribution is 2.45. The van der Waals surface area contributed by atoms with Crippen LogP contribution in [0.5, 0.6) is 0 Å². The van der Waals surface area contributed by atoms with Crippen LogP contribution in [0.15, 0.2) is 0 Å². The second-order valence-corrected chi connectivity index (χ2v) is 36.1. The monoisotopic (exact) mass is 1580 g/mol. The molecule has 0 aromatic heterocycles. The lowest BCUT2D eigenvalue weighted by molar-refractivity contribution is -0.161. The van der Waals surface area contributed by atoms with Crippen molar-refractivity contribution in [1.29, 1.82) is 0 Å². The molecule has 0 radical (unpaired) electrons. The number of hydrogen-bond donors (Lipinski definition) is 3. The van der Waals surface area contributed by atoms with Crippen LogP contribution in [0, 0.1) is 23.7 Å². The van der Waals surface area contributed by atoms with Crippen molar-refractivity contribution in [2.24, 2.45) is 23.7 Å². The minimum atomic E-state index is -4.97. The van der Waals surface area contributed by atoms with Crippen molar-refractivity contribution in [2.75, 3.05) is 39.6 Å². The maximum Gasteiger partial charge on any atom is 0.472 e. The summed E-state index contributed by atoms with van der Waals surface area (Å²) in [5.41, 5.74) is 0. The maximum absolute atomic E-state index is 13.1. The van der Waals surface area contributed by atoms with Gasteiger partial charge < -0.3 is 33.8 Å². The van der Waals surface area contributed by atoms with Gasteiger partial charge in [0.2, 0.25) is 0 Å². The molecule has 0 spiro atoms. The molecule has 0 amide bonds. The van der Waals surface area contributed by atoms with E-state index in [0.717, 1.165) is 114 Å². The van der Waals surface area contributed by atoms with Crippen LogP contribution < -0.4 is 0 Å². The van der Waals surface area contributed by atoms with Crippen LogP contribution in [0.3, 0.4) is 0 Å². The van der Waals surface area contributed by atoms with Crippen LogP contribution in [0.1, 0.15) is 466 Å². The third-order valence-electron chi connectivity index (χ3n) is 21.9. The number of ether oxygens (including phenoxy) is 4. The molecule has 642 valence electrons. The molecule has 0 aliphatic carbocycles. The first-order valence-corrected chi connectivity index (χ1v) is 48.8. The molecule has 19 heteroatoms. The molecule has 0 fully saturated rings. The average molecular weight is 1580 g/mol. The molecule has 0 rings (SSSR count). The van der Waals surface area contributed by atoms with Gasteiger partial charge in [-0.25, -0.2) is 9.13 Å². The molecule has 6 unspecified atom stereocenters. The Hall–Kier alpha value is -1.94. The Labute approximate surface area is 664 Å². The number of phosphoric acid groups is 2. The van der Waals surface area contributed by atoms with Crippen LogP contribution in [0.2, 0.25) is 0 Å². The number of hydrogen-bond acceptors (Lipinski definition) is 15. The van der Waals surface area contributed by atoms with Crippen molar-refractivity contribution in [3.63, 3.8) is 0 Å². The minimum absolute atomic E-state index is 0.107. The zero-order chi connectivity index (χ0) is 79.5. The Morgan fingerprint density at radius 1 is 0.259 bits per heavy atom. The van der Waals surface area contributed by atoms with Crippen molar-refractivity contribution < 1.29 is 80.2 Å². The first-order chi connectivity index (χ1) is 52.2. The molecule has 0 aliphatic rings. The second kappa shape index (κ2) is 77.6. The van der Waals surface area contributed by atoms with E-state index in [1.165, 1.54) is 263 Å². The van der Waals surface area contributed by atoms with E-state index in [1.807, 2.05) is 0 Å². The van der Waals surface area contributed by atoms with Gasteiger partial charge in [-0.3, -0.25) is 37.3 Å². The molecular formula is C89H174O17P2. The number of esters is 4. The fourth-order valence-corrected chi connectivity index (χ4v) is 15.3. The summed E-state index contributed by atoms with van der Waals surface area (Å²) >= 11 is 0. The highest BCUT2D eigenvalue weighted by Gasteiger charge is 2.31. The van der Waals surface area contributed by atoms with Gasteiger partial charge >= 0.3 is 39.5 Å². The Balaban J connectivity index is 5.17. The molecule has 0 saturated heterocycles. The van der Waals surface area contributed by atoms with Crippen LogP contribution >= 0.6 is 15.6 Å². The lowest BCUT2D eigenvalue weighted by Crippen LogP contribution is -2.30. The summed E-state index contributed by atoms with van der Waals surface area (Å²) in [5.74, 6) is 1.15. The fraction of sp³-hybridized carbons (Fsp3) is 0.955. The SMILES string of the molecule is CCC(C)CCCCCCCCCCCCCCCCCCCCC(=O)OC[C@H](COP(=O)(O)OCC(O)COP(=O)(O)OC[C@@H](COC(=O)CCCCCCCCCC(C)C)OC(=O)CCCCCCCCCCCCCCCCCCCCC(C)CC)OC(=O)CCCCCCCCCCCCC(C)CC. The lowest BCUT2D eigenvalue weighted by Gasteiger charge is -2.21. The summed E-state index contributed by atoms with van der Waals surface area (Å²) < 4.78 is 68.9. The largest absolute Gasteiger partial charge is 0.472 e. The summed E-state index contributed by atoms with van der Waals surface area (Å²) in [4.78, 5) is 73.3. The smallest absolute Gasteiger partial charge is 0.462 e. The number of phosphoric ester groups is 2. The second-order valence-electron chi connectivity index (χ2n) is 33.2. The minimum Gasteiger partial charge on any atom is -0.462 e. The molecule has 8 atom stereocenters. The highest BCUT2D eigenvalue weighted by atomic mass is 31.2.